The molecule has 1 aromatic carbocycles. The third kappa shape index (κ3) is 7.07. The molecule has 1 aromatic heterocycles. The van der Waals surface area contributed by atoms with Crippen molar-refractivity contribution in [2.24, 2.45) is 17.4 Å². The number of piperazine rings is 1. The Bertz CT molecular complexity index is 1140. The molecule has 0 bridgehead atoms. The molecule has 0 saturated carbocycles. The number of carbonyl (C=O) groups is 2. The summed E-state index contributed by atoms with van der Waals surface area (Å²) in [6.07, 6.45) is 2.74. The lowest BCUT2D eigenvalue weighted by atomic mass is 10.1. The minimum atomic E-state index is -0.944. The Labute approximate surface area is 223 Å². The maximum absolute atomic E-state index is 12.7. The molecular weight excluding hydrogens is 496 g/mol. The number of nitrogens with zero attached hydrogens (tertiary/aromatic N) is 5. The van der Waals surface area contributed by atoms with E-state index in [-0.39, 0.29) is 30.2 Å². The molecule has 1 atom stereocenters. The molecule has 3 heterocycles. The van der Waals surface area contributed by atoms with E-state index in [1.807, 2.05) is 24.3 Å². The van der Waals surface area contributed by atoms with E-state index >= 15 is 0 Å². The first-order valence-electron chi connectivity index (χ1n) is 12.4. The normalized spacial score (nSPS) is 18.4. The van der Waals surface area contributed by atoms with Crippen LogP contribution in [0.4, 0.5) is 10.6 Å². The van der Waals surface area contributed by atoms with E-state index in [2.05, 4.69) is 15.2 Å². The smallest absolute Gasteiger partial charge is 0.338 e. The summed E-state index contributed by atoms with van der Waals surface area (Å²) in [5.74, 6) is 0.616. The van der Waals surface area contributed by atoms with Crippen molar-refractivity contribution in [1.82, 2.24) is 24.3 Å². The van der Waals surface area contributed by atoms with Gasteiger partial charge in [-0.05, 0) is 63.0 Å². The summed E-state index contributed by atoms with van der Waals surface area (Å²) in [6, 6.07) is 9.07. The van der Waals surface area contributed by atoms with Crippen molar-refractivity contribution in [1.29, 1.82) is 0 Å². The number of rotatable bonds is 6. The predicted molar refractivity (Wildman–Crippen MR) is 145 cm³/mol. The number of hydrogen-bond donors (Lipinski definition) is 3. The molecule has 12 heteroatoms. The Morgan fingerprint density at radius 1 is 1.05 bits per heavy atom. The molecule has 2 fully saturated rings. The minimum Gasteiger partial charge on any atom is -0.338 e. The summed E-state index contributed by atoms with van der Waals surface area (Å²) in [6.45, 7) is 8.57. The number of nitrogens with one attached hydrogen (secondary N) is 1. The van der Waals surface area contributed by atoms with Crippen LogP contribution in [0.2, 0.25) is 0 Å². The number of nitrogens with two attached hydrogens (primary N) is 2. The van der Waals surface area contributed by atoms with E-state index in [1.54, 1.807) is 35.9 Å². The quantitative estimate of drug-likeness (QED) is 0.500. The molecule has 5 N–H and O–H groups in total. The van der Waals surface area contributed by atoms with Gasteiger partial charge in [0.2, 0.25) is 5.91 Å². The van der Waals surface area contributed by atoms with E-state index in [1.165, 1.54) is 10.1 Å². The summed E-state index contributed by atoms with van der Waals surface area (Å²) in [4.78, 5) is 47.3. The van der Waals surface area contributed by atoms with Crippen molar-refractivity contribution in [2.75, 3.05) is 51.1 Å². The Hall–Kier alpha value is -2.99. The van der Waals surface area contributed by atoms with Gasteiger partial charge in [-0.1, -0.05) is 12.1 Å². The topological polar surface area (TPSA) is 143 Å². The van der Waals surface area contributed by atoms with Crippen molar-refractivity contribution in [3.63, 3.8) is 0 Å². The van der Waals surface area contributed by atoms with Crippen molar-refractivity contribution in [3.8, 4) is 5.69 Å². The van der Waals surface area contributed by atoms with Gasteiger partial charge in [-0.3, -0.25) is 19.6 Å². The molecule has 0 spiro atoms. The van der Waals surface area contributed by atoms with Gasteiger partial charge in [0.25, 0.3) is 0 Å². The lowest BCUT2D eigenvalue weighted by Gasteiger charge is -2.37. The zero-order chi connectivity index (χ0) is 25.9. The van der Waals surface area contributed by atoms with Crippen LogP contribution in [0, 0.1) is 5.92 Å². The van der Waals surface area contributed by atoms with Crippen LogP contribution in [-0.4, -0.2) is 87.5 Å². The van der Waals surface area contributed by atoms with Crippen molar-refractivity contribution < 1.29 is 9.59 Å². The fraction of sp³-hybridized carbons (Fsp3) is 0.520. The highest BCUT2D eigenvalue weighted by atomic mass is 35.5. The first-order valence-corrected chi connectivity index (χ1v) is 12.4. The Morgan fingerprint density at radius 3 is 2.27 bits per heavy atom. The highest BCUT2D eigenvalue weighted by Gasteiger charge is 2.31. The van der Waals surface area contributed by atoms with Crippen LogP contribution in [0.3, 0.4) is 0 Å². The highest BCUT2D eigenvalue weighted by Crippen LogP contribution is 2.18. The van der Waals surface area contributed by atoms with Gasteiger partial charge in [0.1, 0.15) is 5.82 Å². The van der Waals surface area contributed by atoms with Gasteiger partial charge in [0, 0.05) is 45.5 Å². The Kier molecular flexibility index (Phi) is 9.30. The maximum Gasteiger partial charge on any atom is 0.354 e. The molecule has 0 aliphatic carbocycles. The molecule has 3 amide bonds. The van der Waals surface area contributed by atoms with Crippen molar-refractivity contribution in [2.45, 2.75) is 32.4 Å². The third-order valence-corrected chi connectivity index (χ3v) is 6.77. The number of hydrogen-bond acceptors (Lipinski definition) is 7. The van der Waals surface area contributed by atoms with Crippen LogP contribution in [0.1, 0.15) is 25.8 Å². The summed E-state index contributed by atoms with van der Waals surface area (Å²) in [7, 11) is 0. The maximum atomic E-state index is 12.7. The van der Waals surface area contributed by atoms with Crippen LogP contribution < -0.4 is 22.5 Å². The molecule has 202 valence electrons. The minimum absolute atomic E-state index is 0. The van der Waals surface area contributed by atoms with E-state index in [0.29, 0.717) is 37.8 Å². The van der Waals surface area contributed by atoms with Gasteiger partial charge in [-0.2, -0.15) is 4.98 Å². The second-order valence-corrected chi connectivity index (χ2v) is 10.2. The van der Waals surface area contributed by atoms with E-state index in [4.69, 9.17) is 11.5 Å². The average molecular weight is 533 g/mol. The summed E-state index contributed by atoms with van der Waals surface area (Å²) in [5, 5.41) is 2.68. The van der Waals surface area contributed by atoms with Gasteiger partial charge < -0.3 is 21.3 Å². The molecule has 37 heavy (non-hydrogen) atoms. The van der Waals surface area contributed by atoms with Crippen molar-refractivity contribution >= 4 is 30.2 Å². The Balaban J connectivity index is 0.00000380. The SMILES string of the molecule is CC(C)(N)C(=O)N1CCN(C(=O)Nc2ccn(-c3ccc(CN4CC[C@H](CN)C4)cc3)c(=O)n2)CC1.Cl. The fourth-order valence-corrected chi connectivity index (χ4v) is 4.65. The van der Waals surface area contributed by atoms with Gasteiger partial charge in [-0.25, -0.2) is 9.59 Å². The van der Waals surface area contributed by atoms with E-state index in [9.17, 15) is 14.4 Å². The largest absolute Gasteiger partial charge is 0.354 e. The molecule has 4 rings (SSSR count). The lowest BCUT2D eigenvalue weighted by molar-refractivity contribution is -0.137. The molecule has 0 radical (unpaired) electrons. The zero-order valence-electron chi connectivity index (χ0n) is 21.4. The molecule has 2 aliphatic heterocycles. The molecule has 11 nitrogen and oxygen atoms in total. The number of amides is 3. The van der Waals surface area contributed by atoms with Crippen LogP contribution in [0.5, 0.6) is 0 Å². The van der Waals surface area contributed by atoms with Crippen molar-refractivity contribution in [3.05, 3.63) is 52.6 Å². The molecule has 2 aromatic rings. The van der Waals surface area contributed by atoms with Crippen LogP contribution >= 0.6 is 12.4 Å². The number of benzene rings is 1. The number of anilines is 1. The second kappa shape index (κ2) is 12.0. The number of likely N-dealkylation sites (tertiary alicyclic amines) is 1. The fourth-order valence-electron chi connectivity index (χ4n) is 4.65. The molecular formula is C25H37ClN8O3. The predicted octanol–water partition coefficient (Wildman–Crippen LogP) is 0.848. The van der Waals surface area contributed by atoms with E-state index in [0.717, 1.165) is 32.6 Å². The first-order chi connectivity index (χ1) is 17.1. The van der Waals surface area contributed by atoms with Crippen LogP contribution in [0.15, 0.2) is 41.3 Å². The first kappa shape index (κ1) is 28.6. The molecule has 0 unspecified atom stereocenters. The number of aromatic nitrogens is 2. The molecule has 2 saturated heterocycles. The number of halogens is 1. The van der Waals surface area contributed by atoms with Gasteiger partial charge in [0.05, 0.1) is 11.2 Å². The van der Waals surface area contributed by atoms with Crippen LogP contribution in [0.25, 0.3) is 5.69 Å². The Morgan fingerprint density at radius 2 is 1.70 bits per heavy atom. The summed E-state index contributed by atoms with van der Waals surface area (Å²) in [5.41, 5.74) is 12.1. The van der Waals surface area contributed by atoms with Gasteiger partial charge >= 0.3 is 11.7 Å². The zero-order valence-corrected chi connectivity index (χ0v) is 22.2. The van der Waals surface area contributed by atoms with Gasteiger partial charge in [-0.15, -0.1) is 12.4 Å². The number of urea groups is 1. The second-order valence-electron chi connectivity index (χ2n) is 10.2. The summed E-state index contributed by atoms with van der Waals surface area (Å²) >= 11 is 0. The summed E-state index contributed by atoms with van der Waals surface area (Å²) < 4.78 is 1.44. The number of carbonyl (C=O) groups excluding carboxylic acids is 2. The van der Waals surface area contributed by atoms with Crippen LogP contribution in [-0.2, 0) is 11.3 Å². The monoisotopic (exact) mass is 532 g/mol. The lowest BCUT2D eigenvalue weighted by Crippen LogP contribution is -2.58. The van der Waals surface area contributed by atoms with E-state index < -0.39 is 11.2 Å². The average Bonchev–Trinajstić information content (AvgIpc) is 3.31. The third-order valence-electron chi connectivity index (χ3n) is 6.77. The van der Waals surface area contributed by atoms with Gasteiger partial charge in [0.15, 0.2) is 0 Å². The standard InChI is InChI=1S/C25H36N8O3.ClH/c1-25(2,27)22(34)31-11-13-32(14-12-31)23(35)28-21-8-10-33(24(36)29-21)20-5-3-18(4-6-20)16-30-9-7-19(15-26)17-30;/h3-6,8,10,19H,7,9,11-17,26-27H2,1-2H3,(H,28,29,35,36);1H/t19-;/m1./s1. The molecule has 2 aliphatic rings. The highest BCUT2D eigenvalue weighted by molar-refractivity contribution is 5.89.